The highest BCUT2D eigenvalue weighted by molar-refractivity contribution is 7.10. The van der Waals surface area contributed by atoms with Gasteiger partial charge in [0.15, 0.2) is 8.32 Å². The van der Waals surface area contributed by atoms with Gasteiger partial charge in [0.05, 0.1) is 27.8 Å². The third kappa shape index (κ3) is 10.2. The lowest BCUT2D eigenvalue weighted by atomic mass is 9.84. The van der Waals surface area contributed by atoms with E-state index < -0.39 is 43.8 Å². The predicted molar refractivity (Wildman–Crippen MR) is 219 cm³/mol. The Labute approximate surface area is 336 Å². The highest BCUT2D eigenvalue weighted by Crippen LogP contribution is 2.43. The van der Waals surface area contributed by atoms with E-state index in [4.69, 9.17) is 42.1 Å². The summed E-state index contributed by atoms with van der Waals surface area (Å²) in [5.74, 6) is -0.217. The minimum Gasteiger partial charge on any atom is -0.444 e. The van der Waals surface area contributed by atoms with Gasteiger partial charge in [-0.3, -0.25) is 9.69 Å². The fraction of sp³-hybridized carbons (Fsp3) is 0.650. The van der Waals surface area contributed by atoms with E-state index in [0.717, 1.165) is 47.5 Å². The molecule has 2 fully saturated rings. The number of carbonyl (C=O) groups is 3. The number of thiazole rings is 1. The minimum atomic E-state index is -1.87. The molecule has 1 saturated carbocycles. The number of nitrogens with zero attached hydrogens (tertiary/aromatic N) is 4. The summed E-state index contributed by atoms with van der Waals surface area (Å²) >= 11 is 14.6. The molecule has 54 heavy (non-hydrogen) atoms. The molecule has 2 atom stereocenters. The molecule has 1 saturated heterocycles. The maximum absolute atomic E-state index is 15.3. The van der Waals surface area contributed by atoms with E-state index in [-0.39, 0.29) is 36.6 Å². The Morgan fingerprint density at radius 3 is 2.22 bits per heavy atom. The molecule has 3 aliphatic rings. The Morgan fingerprint density at radius 2 is 1.61 bits per heavy atom. The molecular formula is C40H58Cl2N4O6SSi. The highest BCUT2D eigenvalue weighted by Gasteiger charge is 2.51. The van der Waals surface area contributed by atoms with Crippen LogP contribution in [0.4, 0.5) is 9.59 Å². The third-order valence-corrected chi connectivity index (χ3v) is 16.8. The lowest BCUT2D eigenvalue weighted by Gasteiger charge is -2.50. The van der Waals surface area contributed by atoms with Crippen LogP contribution in [-0.2, 0) is 31.7 Å². The van der Waals surface area contributed by atoms with Crippen LogP contribution in [0.1, 0.15) is 104 Å². The lowest BCUT2D eigenvalue weighted by molar-refractivity contribution is -0.129. The van der Waals surface area contributed by atoms with Crippen LogP contribution in [0.5, 0.6) is 0 Å². The summed E-state index contributed by atoms with van der Waals surface area (Å²) in [5, 5.41) is 3.76. The van der Waals surface area contributed by atoms with Crippen molar-refractivity contribution in [3.63, 3.8) is 0 Å². The topological polar surface area (TPSA) is 102 Å². The van der Waals surface area contributed by atoms with Gasteiger partial charge in [0, 0.05) is 48.8 Å². The van der Waals surface area contributed by atoms with Gasteiger partial charge in [-0.15, -0.1) is 11.3 Å². The van der Waals surface area contributed by atoms with Crippen LogP contribution in [0, 0.1) is 0 Å². The molecular weight excluding hydrogens is 764 g/mol. The van der Waals surface area contributed by atoms with Crippen molar-refractivity contribution < 1.29 is 28.3 Å². The largest absolute Gasteiger partial charge is 0.444 e. The first-order valence-electron chi connectivity index (χ1n) is 19.0. The first-order chi connectivity index (χ1) is 25.0. The van der Waals surface area contributed by atoms with Crippen molar-refractivity contribution in [3.05, 3.63) is 55.5 Å². The van der Waals surface area contributed by atoms with Crippen molar-refractivity contribution in [1.29, 1.82) is 0 Å². The molecule has 2 bridgehead atoms. The van der Waals surface area contributed by atoms with Gasteiger partial charge >= 0.3 is 12.2 Å². The van der Waals surface area contributed by atoms with Crippen LogP contribution in [0.3, 0.4) is 0 Å². The van der Waals surface area contributed by atoms with Crippen molar-refractivity contribution in [2.45, 2.75) is 148 Å². The zero-order valence-corrected chi connectivity index (χ0v) is 37.1. The molecule has 1 unspecified atom stereocenters. The van der Waals surface area contributed by atoms with Gasteiger partial charge in [0.2, 0.25) is 0 Å². The number of amides is 3. The summed E-state index contributed by atoms with van der Waals surface area (Å²) in [6.07, 6.45) is 2.57. The molecule has 10 nitrogen and oxygen atoms in total. The van der Waals surface area contributed by atoms with Gasteiger partial charge in [-0.05, 0) is 103 Å². The molecule has 0 N–H and O–H groups in total. The number of ether oxygens (including phenoxy) is 2. The van der Waals surface area contributed by atoms with Gasteiger partial charge in [-0.1, -0.05) is 56.1 Å². The standard InChI is InChI=1S/C40H58Cl2N4O6SSi/c1-38(2,3)51-36(48)44-22-28-20-29(34-43-26(24-53-34)15-13-19-50-54(10,11)40(7,8)9)32(31(23-44)46(28)37(49)52-39(4,5)6)35(47)45(27-17-18-27)21-25-14-12-16-30(41)33(25)42/h12,14,16,24,27-28,31H,13,15,17-23H2,1-11H3/t28?,31-/m1/s1. The normalized spacial score (nSPS) is 19.6. The van der Waals surface area contributed by atoms with Crippen LogP contribution in [0.25, 0.3) is 5.57 Å². The van der Waals surface area contributed by atoms with Crippen LogP contribution in [0.15, 0.2) is 29.2 Å². The monoisotopic (exact) mass is 820 g/mol. The van der Waals surface area contributed by atoms with Gasteiger partial charge in [-0.25, -0.2) is 14.6 Å². The molecule has 298 valence electrons. The summed E-state index contributed by atoms with van der Waals surface area (Å²) in [4.78, 5) is 53.2. The molecule has 3 amide bonds. The summed E-state index contributed by atoms with van der Waals surface area (Å²) in [5.41, 5.74) is 1.42. The van der Waals surface area contributed by atoms with Crippen LogP contribution in [0.2, 0.25) is 28.2 Å². The molecule has 3 heterocycles. The Morgan fingerprint density at radius 1 is 0.963 bits per heavy atom. The Bertz CT molecular complexity index is 1760. The molecule has 1 aliphatic carbocycles. The Balaban J connectivity index is 1.56. The molecule has 5 rings (SSSR count). The maximum atomic E-state index is 15.3. The van der Waals surface area contributed by atoms with Crippen LogP contribution >= 0.6 is 34.5 Å². The second-order valence-electron chi connectivity index (χ2n) is 18.3. The van der Waals surface area contributed by atoms with Crippen molar-refractivity contribution in [2.75, 3.05) is 19.7 Å². The summed E-state index contributed by atoms with van der Waals surface area (Å²) in [6.45, 7) is 23.4. The van der Waals surface area contributed by atoms with E-state index in [0.29, 0.717) is 28.6 Å². The fourth-order valence-corrected chi connectivity index (χ4v) is 8.96. The zero-order chi connectivity index (χ0) is 40.0. The van der Waals surface area contributed by atoms with E-state index in [9.17, 15) is 9.59 Å². The van der Waals surface area contributed by atoms with E-state index >= 15 is 4.79 Å². The number of benzene rings is 1. The number of piperazine rings is 1. The number of rotatable bonds is 10. The second kappa shape index (κ2) is 16.1. The zero-order valence-electron chi connectivity index (χ0n) is 33.8. The number of halogens is 2. The molecule has 1 aromatic carbocycles. The van der Waals surface area contributed by atoms with E-state index in [1.54, 1.807) is 15.9 Å². The quantitative estimate of drug-likeness (QED) is 0.174. The second-order valence-corrected chi connectivity index (χ2v) is 24.7. The number of carbonyl (C=O) groups excluding carboxylic acids is 3. The average molecular weight is 822 g/mol. The molecule has 0 spiro atoms. The Hall–Kier alpha value is -2.64. The highest BCUT2D eigenvalue weighted by atomic mass is 35.5. The predicted octanol–water partition coefficient (Wildman–Crippen LogP) is 9.98. The molecule has 0 radical (unpaired) electrons. The van der Waals surface area contributed by atoms with E-state index in [1.165, 1.54) is 11.3 Å². The van der Waals surface area contributed by atoms with Crippen LogP contribution < -0.4 is 0 Å². The summed E-state index contributed by atoms with van der Waals surface area (Å²) in [7, 11) is -1.87. The van der Waals surface area contributed by atoms with Crippen molar-refractivity contribution in [3.8, 4) is 0 Å². The fourth-order valence-electron chi connectivity index (χ4n) is 6.57. The third-order valence-electron chi connectivity index (χ3n) is 10.4. The maximum Gasteiger partial charge on any atom is 0.411 e. The number of hydrogen-bond donors (Lipinski definition) is 0. The molecule has 2 aliphatic heterocycles. The average Bonchev–Trinajstić information content (AvgIpc) is 3.77. The lowest BCUT2D eigenvalue weighted by Crippen LogP contribution is -2.66. The minimum absolute atomic E-state index is 0.00713. The van der Waals surface area contributed by atoms with Crippen molar-refractivity contribution in [2.24, 2.45) is 0 Å². The molecule has 14 heteroatoms. The van der Waals surface area contributed by atoms with Gasteiger partial charge in [0.1, 0.15) is 16.2 Å². The molecule has 2 aromatic rings. The number of aromatic nitrogens is 1. The number of aryl methyl sites for hydroxylation is 1. The summed E-state index contributed by atoms with van der Waals surface area (Å²) < 4.78 is 18.2. The first-order valence-corrected chi connectivity index (χ1v) is 23.5. The smallest absolute Gasteiger partial charge is 0.411 e. The number of fused-ring (bicyclic) bond motifs is 2. The van der Waals surface area contributed by atoms with Gasteiger partial charge < -0.3 is 23.7 Å². The van der Waals surface area contributed by atoms with Gasteiger partial charge in [0.25, 0.3) is 5.91 Å². The number of hydrogen-bond acceptors (Lipinski definition) is 8. The Kier molecular flexibility index (Phi) is 12.7. The summed E-state index contributed by atoms with van der Waals surface area (Å²) in [6, 6.07) is 4.15. The van der Waals surface area contributed by atoms with Gasteiger partial charge in [-0.2, -0.15) is 0 Å². The van der Waals surface area contributed by atoms with Crippen LogP contribution in [-0.4, -0.2) is 95.1 Å². The molecule has 1 aromatic heterocycles. The van der Waals surface area contributed by atoms with E-state index in [2.05, 4.69) is 39.2 Å². The SMILES string of the molecule is CC(C)(C)OC(=O)N1CC2CC(c3nc(CCCO[Si](C)(C)C(C)(C)C)cs3)=C(C(=O)N(Cc3cccc(Cl)c3Cl)C3CC3)[C@@H](C1)N2C(=O)OC(C)(C)C. The van der Waals surface area contributed by atoms with Crippen molar-refractivity contribution in [1.82, 2.24) is 19.7 Å². The van der Waals surface area contributed by atoms with E-state index in [1.807, 2.05) is 58.6 Å². The van der Waals surface area contributed by atoms with Crippen molar-refractivity contribution >= 4 is 66.5 Å². The first kappa shape index (κ1) is 42.5.